The first kappa shape index (κ1) is 16.3. The second kappa shape index (κ2) is 8.43. The molecule has 0 aliphatic rings. The van der Waals surface area contributed by atoms with Crippen LogP contribution in [0.4, 0.5) is 5.69 Å². The fraction of sp³-hybridized carbons (Fsp3) is 0.429. The lowest BCUT2D eigenvalue weighted by Gasteiger charge is -2.11. The van der Waals surface area contributed by atoms with E-state index in [1.807, 2.05) is 6.92 Å². The van der Waals surface area contributed by atoms with Gasteiger partial charge in [0.2, 0.25) is 5.91 Å². The SMILES string of the molecule is CCNc1ccc(Cl)cc1C(=O)NCCCCC(N)=O. The Balaban J connectivity index is 2.53. The highest BCUT2D eigenvalue weighted by Crippen LogP contribution is 2.20. The molecule has 0 unspecified atom stereocenters. The topological polar surface area (TPSA) is 84.2 Å². The Morgan fingerprint density at radius 1 is 1.30 bits per heavy atom. The summed E-state index contributed by atoms with van der Waals surface area (Å²) in [5.74, 6) is -0.497. The van der Waals surface area contributed by atoms with Gasteiger partial charge in [0.15, 0.2) is 0 Å². The lowest BCUT2D eigenvalue weighted by atomic mass is 10.1. The van der Waals surface area contributed by atoms with Crippen molar-refractivity contribution in [2.75, 3.05) is 18.4 Å². The van der Waals surface area contributed by atoms with E-state index in [0.717, 1.165) is 12.2 Å². The van der Waals surface area contributed by atoms with Crippen LogP contribution >= 0.6 is 11.6 Å². The summed E-state index contributed by atoms with van der Waals surface area (Å²) in [5.41, 5.74) is 6.32. The molecule has 0 saturated heterocycles. The number of anilines is 1. The normalized spacial score (nSPS) is 10.1. The van der Waals surface area contributed by atoms with Crippen LogP contribution in [0.15, 0.2) is 18.2 Å². The summed E-state index contributed by atoms with van der Waals surface area (Å²) in [6.45, 7) is 3.19. The van der Waals surface area contributed by atoms with Crippen LogP contribution in [-0.4, -0.2) is 24.9 Å². The summed E-state index contributed by atoms with van der Waals surface area (Å²) < 4.78 is 0. The number of nitrogens with one attached hydrogen (secondary N) is 2. The number of hydrogen-bond donors (Lipinski definition) is 3. The molecule has 0 saturated carbocycles. The molecule has 1 rings (SSSR count). The van der Waals surface area contributed by atoms with Crippen molar-refractivity contribution in [1.82, 2.24) is 5.32 Å². The molecule has 5 nitrogen and oxygen atoms in total. The van der Waals surface area contributed by atoms with Crippen molar-refractivity contribution >= 4 is 29.1 Å². The van der Waals surface area contributed by atoms with Crippen molar-refractivity contribution in [2.45, 2.75) is 26.2 Å². The zero-order valence-corrected chi connectivity index (χ0v) is 12.3. The molecule has 110 valence electrons. The maximum atomic E-state index is 12.1. The molecular formula is C14H20ClN3O2. The zero-order valence-electron chi connectivity index (χ0n) is 11.5. The van der Waals surface area contributed by atoms with E-state index < -0.39 is 0 Å². The predicted octanol–water partition coefficient (Wildman–Crippen LogP) is 2.16. The Kier molecular flexibility index (Phi) is 6.87. The number of amides is 2. The van der Waals surface area contributed by atoms with Crippen LogP contribution < -0.4 is 16.4 Å². The van der Waals surface area contributed by atoms with Gasteiger partial charge in [0.25, 0.3) is 5.91 Å². The summed E-state index contributed by atoms with van der Waals surface area (Å²) >= 11 is 5.92. The molecule has 0 aliphatic heterocycles. The maximum Gasteiger partial charge on any atom is 0.253 e. The van der Waals surface area contributed by atoms with E-state index in [-0.39, 0.29) is 11.8 Å². The van der Waals surface area contributed by atoms with Crippen LogP contribution in [0.3, 0.4) is 0 Å². The first-order valence-corrected chi connectivity index (χ1v) is 7.02. The molecule has 2 amide bonds. The molecule has 4 N–H and O–H groups in total. The van der Waals surface area contributed by atoms with Crippen LogP contribution in [0, 0.1) is 0 Å². The zero-order chi connectivity index (χ0) is 15.0. The molecule has 20 heavy (non-hydrogen) atoms. The van der Waals surface area contributed by atoms with Gasteiger partial charge in [-0.2, -0.15) is 0 Å². The lowest BCUT2D eigenvalue weighted by molar-refractivity contribution is -0.118. The number of primary amides is 1. The predicted molar refractivity (Wildman–Crippen MR) is 81.0 cm³/mol. The van der Waals surface area contributed by atoms with Gasteiger partial charge >= 0.3 is 0 Å². The Morgan fingerprint density at radius 2 is 2.05 bits per heavy atom. The van der Waals surface area contributed by atoms with E-state index in [2.05, 4.69) is 10.6 Å². The Morgan fingerprint density at radius 3 is 2.70 bits per heavy atom. The number of hydrogen-bond acceptors (Lipinski definition) is 3. The molecule has 0 bridgehead atoms. The van der Waals surface area contributed by atoms with Crippen LogP contribution in [0.25, 0.3) is 0 Å². The molecule has 0 aliphatic carbocycles. The largest absolute Gasteiger partial charge is 0.385 e. The van der Waals surface area contributed by atoms with Crippen molar-refractivity contribution < 1.29 is 9.59 Å². The summed E-state index contributed by atoms with van der Waals surface area (Å²) in [4.78, 5) is 22.7. The first-order valence-electron chi connectivity index (χ1n) is 6.64. The van der Waals surface area contributed by atoms with Crippen molar-refractivity contribution in [1.29, 1.82) is 0 Å². The van der Waals surface area contributed by atoms with Gasteiger partial charge in [0.05, 0.1) is 5.56 Å². The molecule has 6 heteroatoms. The third-order valence-electron chi connectivity index (χ3n) is 2.73. The van der Waals surface area contributed by atoms with Crippen LogP contribution in [0.5, 0.6) is 0 Å². The number of carbonyl (C=O) groups is 2. The fourth-order valence-corrected chi connectivity index (χ4v) is 1.94. The van der Waals surface area contributed by atoms with E-state index in [4.69, 9.17) is 17.3 Å². The van der Waals surface area contributed by atoms with E-state index in [9.17, 15) is 9.59 Å². The summed E-state index contributed by atoms with van der Waals surface area (Å²) in [6.07, 6.45) is 1.73. The Labute approximate surface area is 123 Å². The van der Waals surface area contributed by atoms with Gasteiger partial charge in [0, 0.05) is 30.2 Å². The van der Waals surface area contributed by atoms with Gasteiger partial charge in [-0.3, -0.25) is 9.59 Å². The van der Waals surface area contributed by atoms with Crippen molar-refractivity contribution in [3.8, 4) is 0 Å². The molecule has 0 heterocycles. The summed E-state index contributed by atoms with van der Waals surface area (Å²) in [6, 6.07) is 5.16. The average molecular weight is 298 g/mol. The third-order valence-corrected chi connectivity index (χ3v) is 2.96. The average Bonchev–Trinajstić information content (AvgIpc) is 2.40. The van der Waals surface area contributed by atoms with Crippen molar-refractivity contribution in [2.24, 2.45) is 5.73 Å². The second-order valence-electron chi connectivity index (χ2n) is 4.40. The van der Waals surface area contributed by atoms with Gasteiger partial charge < -0.3 is 16.4 Å². The minimum Gasteiger partial charge on any atom is -0.385 e. The monoisotopic (exact) mass is 297 g/mol. The quantitative estimate of drug-likeness (QED) is 0.643. The fourth-order valence-electron chi connectivity index (χ4n) is 1.77. The summed E-state index contributed by atoms with van der Waals surface area (Å²) in [5, 5.41) is 6.45. The molecule has 0 atom stereocenters. The van der Waals surface area contributed by atoms with Crippen molar-refractivity contribution in [3.63, 3.8) is 0 Å². The lowest BCUT2D eigenvalue weighted by Crippen LogP contribution is -2.25. The van der Waals surface area contributed by atoms with E-state index >= 15 is 0 Å². The van der Waals surface area contributed by atoms with Gasteiger partial charge in [-0.05, 0) is 38.0 Å². The summed E-state index contributed by atoms with van der Waals surface area (Å²) in [7, 11) is 0. The molecule has 0 aromatic heterocycles. The molecule has 1 aromatic carbocycles. The number of carbonyl (C=O) groups excluding carboxylic acids is 2. The minimum atomic E-state index is -0.319. The van der Waals surface area contributed by atoms with Crippen molar-refractivity contribution in [3.05, 3.63) is 28.8 Å². The van der Waals surface area contributed by atoms with Crippen LogP contribution in [0.1, 0.15) is 36.5 Å². The highest BCUT2D eigenvalue weighted by Gasteiger charge is 2.11. The Bertz CT molecular complexity index is 477. The van der Waals surface area contributed by atoms with E-state index in [0.29, 0.717) is 36.4 Å². The highest BCUT2D eigenvalue weighted by atomic mass is 35.5. The molecule has 0 radical (unpaired) electrons. The molecular weight excluding hydrogens is 278 g/mol. The van der Waals surface area contributed by atoms with E-state index in [1.54, 1.807) is 18.2 Å². The minimum absolute atomic E-state index is 0.178. The van der Waals surface area contributed by atoms with Crippen LogP contribution in [-0.2, 0) is 4.79 Å². The van der Waals surface area contributed by atoms with Gasteiger partial charge in [0.1, 0.15) is 0 Å². The number of benzene rings is 1. The molecule has 1 aromatic rings. The smallest absolute Gasteiger partial charge is 0.253 e. The number of nitrogens with two attached hydrogens (primary N) is 1. The second-order valence-corrected chi connectivity index (χ2v) is 4.84. The molecule has 0 fully saturated rings. The van der Waals surface area contributed by atoms with Gasteiger partial charge in [-0.15, -0.1) is 0 Å². The van der Waals surface area contributed by atoms with Crippen LogP contribution in [0.2, 0.25) is 5.02 Å². The number of halogens is 1. The van der Waals surface area contributed by atoms with E-state index in [1.165, 1.54) is 0 Å². The highest BCUT2D eigenvalue weighted by molar-refractivity contribution is 6.31. The first-order chi connectivity index (χ1) is 9.54. The number of unbranched alkanes of at least 4 members (excludes halogenated alkanes) is 1. The third kappa shape index (κ3) is 5.48. The van der Waals surface area contributed by atoms with Gasteiger partial charge in [-0.25, -0.2) is 0 Å². The number of rotatable bonds is 8. The maximum absolute atomic E-state index is 12.1. The molecule has 0 spiro atoms. The standard InChI is InChI=1S/C14H20ClN3O2/c1-2-17-12-7-6-10(15)9-11(12)14(20)18-8-4-3-5-13(16)19/h6-7,9,17H,2-5,8H2,1H3,(H2,16,19)(H,18,20). The van der Waals surface area contributed by atoms with Gasteiger partial charge in [-0.1, -0.05) is 11.6 Å². The Hall–Kier alpha value is -1.75.